The molecule has 0 amide bonds. The summed E-state index contributed by atoms with van der Waals surface area (Å²) in [6.45, 7) is 1.64. The number of ether oxygens (including phenoxy) is 1. The fourth-order valence-electron chi connectivity index (χ4n) is 0.965. The Hall–Kier alpha value is -1.29. The summed E-state index contributed by atoms with van der Waals surface area (Å²) in [4.78, 5) is 14.7. The molecular weight excluding hydrogens is 194 g/mol. The van der Waals surface area contributed by atoms with Crippen LogP contribution in [0.3, 0.4) is 0 Å². The van der Waals surface area contributed by atoms with Crippen LogP contribution in [0.15, 0.2) is 6.07 Å². The van der Waals surface area contributed by atoms with Crippen LogP contribution in [0, 0.1) is 6.92 Å². The summed E-state index contributed by atoms with van der Waals surface area (Å²) in [6, 6.07) is 1.35. The van der Waals surface area contributed by atoms with Crippen LogP contribution in [-0.2, 0) is 4.74 Å². The van der Waals surface area contributed by atoms with E-state index < -0.39 is 5.97 Å². The van der Waals surface area contributed by atoms with Gasteiger partial charge < -0.3 is 9.84 Å². The molecule has 70 valence electrons. The predicted octanol–water partition coefficient (Wildman–Crippen LogP) is 1.54. The molecule has 0 aliphatic carbocycles. The molecule has 4 nitrogen and oxygen atoms in total. The molecule has 0 bridgehead atoms. The van der Waals surface area contributed by atoms with Crippen LogP contribution in [-0.4, -0.2) is 23.2 Å². The van der Waals surface area contributed by atoms with Crippen LogP contribution >= 0.6 is 11.6 Å². The van der Waals surface area contributed by atoms with E-state index in [9.17, 15) is 4.79 Å². The van der Waals surface area contributed by atoms with E-state index in [4.69, 9.17) is 16.7 Å². The van der Waals surface area contributed by atoms with Gasteiger partial charge in [0.15, 0.2) is 0 Å². The maximum Gasteiger partial charge on any atom is 0.341 e. The molecule has 0 radical (unpaired) electrons. The summed E-state index contributed by atoms with van der Waals surface area (Å²) in [7, 11) is 1.25. The molecular formula is C8H8ClNO3. The van der Waals surface area contributed by atoms with Crippen molar-refractivity contribution in [2.75, 3.05) is 7.11 Å². The first kappa shape index (κ1) is 9.80. The lowest BCUT2D eigenvalue weighted by Crippen LogP contribution is -2.05. The van der Waals surface area contributed by atoms with Gasteiger partial charge in [-0.15, -0.1) is 0 Å². The number of aromatic hydroxyl groups is 1. The van der Waals surface area contributed by atoms with Crippen molar-refractivity contribution in [2.24, 2.45) is 0 Å². The summed E-state index contributed by atoms with van der Waals surface area (Å²) >= 11 is 5.64. The number of hydrogen-bond acceptors (Lipinski definition) is 4. The summed E-state index contributed by atoms with van der Waals surface area (Å²) < 4.78 is 4.49. The molecule has 0 atom stereocenters. The monoisotopic (exact) mass is 201 g/mol. The molecule has 0 saturated heterocycles. The van der Waals surface area contributed by atoms with E-state index in [2.05, 4.69) is 9.72 Å². The first-order valence-electron chi connectivity index (χ1n) is 3.50. The zero-order valence-corrected chi connectivity index (χ0v) is 7.92. The Labute approximate surface area is 80.1 Å². The van der Waals surface area contributed by atoms with E-state index >= 15 is 0 Å². The number of aromatic nitrogens is 1. The molecule has 1 N–H and O–H groups in total. The molecule has 5 heteroatoms. The molecule has 0 unspecified atom stereocenters. The lowest BCUT2D eigenvalue weighted by Gasteiger charge is -2.05. The average molecular weight is 202 g/mol. The first-order valence-corrected chi connectivity index (χ1v) is 3.88. The Bertz CT molecular complexity index is 328. The Balaban J connectivity index is 3.28. The standard InChI is InChI=1S/C8H8ClNO3/c1-4-3-5(11)10-7(9)6(4)8(12)13-2/h3H,1-2H3,(H,10,11). The number of aryl methyl sites for hydroxylation is 1. The maximum absolute atomic E-state index is 11.1. The van der Waals surface area contributed by atoms with Crippen LogP contribution < -0.4 is 0 Å². The van der Waals surface area contributed by atoms with Crippen LogP contribution in [0.2, 0.25) is 5.15 Å². The fourth-order valence-corrected chi connectivity index (χ4v) is 1.28. The zero-order chi connectivity index (χ0) is 10.0. The molecule has 0 aliphatic heterocycles. The van der Waals surface area contributed by atoms with Crippen LogP contribution in [0.5, 0.6) is 5.88 Å². The molecule has 1 aromatic heterocycles. The number of rotatable bonds is 1. The molecule has 0 aromatic carbocycles. The van der Waals surface area contributed by atoms with Crippen molar-refractivity contribution in [1.82, 2.24) is 4.98 Å². The van der Waals surface area contributed by atoms with Gasteiger partial charge in [-0.2, -0.15) is 0 Å². The van der Waals surface area contributed by atoms with Gasteiger partial charge in [-0.25, -0.2) is 9.78 Å². The van der Waals surface area contributed by atoms with E-state index in [0.29, 0.717) is 5.56 Å². The van der Waals surface area contributed by atoms with E-state index in [0.717, 1.165) is 0 Å². The van der Waals surface area contributed by atoms with Gasteiger partial charge in [-0.3, -0.25) is 0 Å². The SMILES string of the molecule is COC(=O)c1c(C)cc(O)nc1Cl. The van der Waals surface area contributed by atoms with Gasteiger partial charge in [-0.05, 0) is 12.5 Å². The minimum absolute atomic E-state index is 0.0515. The highest BCUT2D eigenvalue weighted by Gasteiger charge is 2.15. The molecule has 13 heavy (non-hydrogen) atoms. The summed E-state index contributed by atoms with van der Waals surface area (Å²) in [5, 5.41) is 8.97. The van der Waals surface area contributed by atoms with Crippen molar-refractivity contribution in [2.45, 2.75) is 6.92 Å². The molecule has 1 heterocycles. The van der Waals surface area contributed by atoms with Crippen molar-refractivity contribution >= 4 is 17.6 Å². The predicted molar refractivity (Wildman–Crippen MR) is 47.0 cm³/mol. The zero-order valence-electron chi connectivity index (χ0n) is 7.17. The minimum atomic E-state index is -0.560. The van der Waals surface area contributed by atoms with Gasteiger partial charge in [0.2, 0.25) is 5.88 Å². The van der Waals surface area contributed by atoms with E-state index in [1.54, 1.807) is 6.92 Å². The minimum Gasteiger partial charge on any atom is -0.493 e. The van der Waals surface area contributed by atoms with Gasteiger partial charge >= 0.3 is 5.97 Å². The third-order valence-electron chi connectivity index (χ3n) is 1.55. The second-order valence-electron chi connectivity index (χ2n) is 2.45. The van der Waals surface area contributed by atoms with Gasteiger partial charge in [0, 0.05) is 6.07 Å². The molecule has 1 aromatic rings. The smallest absolute Gasteiger partial charge is 0.341 e. The number of esters is 1. The number of methoxy groups -OCH3 is 1. The van der Waals surface area contributed by atoms with E-state index in [1.165, 1.54) is 13.2 Å². The Morgan fingerprint density at radius 1 is 1.69 bits per heavy atom. The van der Waals surface area contributed by atoms with Gasteiger partial charge in [0.1, 0.15) is 10.7 Å². The third kappa shape index (κ3) is 1.89. The number of carbonyl (C=O) groups excluding carboxylic acids is 1. The van der Waals surface area contributed by atoms with Gasteiger partial charge in [-0.1, -0.05) is 11.6 Å². The molecule has 0 saturated carbocycles. The number of halogens is 1. The van der Waals surface area contributed by atoms with Gasteiger partial charge in [0.25, 0.3) is 0 Å². The Kier molecular flexibility index (Phi) is 2.72. The number of nitrogens with zero attached hydrogens (tertiary/aromatic N) is 1. The van der Waals surface area contributed by atoms with E-state index in [1.807, 2.05) is 0 Å². The first-order chi connectivity index (χ1) is 6.06. The second-order valence-corrected chi connectivity index (χ2v) is 2.81. The van der Waals surface area contributed by atoms with Gasteiger partial charge in [0.05, 0.1) is 7.11 Å². The van der Waals surface area contributed by atoms with Crippen LogP contribution in [0.25, 0.3) is 0 Å². The highest BCUT2D eigenvalue weighted by molar-refractivity contribution is 6.32. The lowest BCUT2D eigenvalue weighted by atomic mass is 10.1. The fraction of sp³-hybridized carbons (Fsp3) is 0.250. The maximum atomic E-state index is 11.1. The van der Waals surface area contributed by atoms with Crippen molar-refractivity contribution in [3.8, 4) is 5.88 Å². The van der Waals surface area contributed by atoms with Crippen molar-refractivity contribution in [3.63, 3.8) is 0 Å². The number of pyridine rings is 1. The Morgan fingerprint density at radius 3 is 2.77 bits per heavy atom. The van der Waals surface area contributed by atoms with Crippen molar-refractivity contribution < 1.29 is 14.6 Å². The lowest BCUT2D eigenvalue weighted by molar-refractivity contribution is 0.0599. The van der Waals surface area contributed by atoms with Crippen LogP contribution in [0.1, 0.15) is 15.9 Å². The highest BCUT2D eigenvalue weighted by Crippen LogP contribution is 2.22. The second kappa shape index (κ2) is 3.62. The number of hydrogen-bond donors (Lipinski definition) is 1. The molecule has 0 spiro atoms. The topological polar surface area (TPSA) is 59.4 Å². The molecule has 0 fully saturated rings. The van der Waals surface area contributed by atoms with Crippen LogP contribution in [0.4, 0.5) is 0 Å². The molecule has 0 aliphatic rings. The summed E-state index contributed by atoms with van der Waals surface area (Å²) in [5.74, 6) is -0.773. The summed E-state index contributed by atoms with van der Waals surface area (Å²) in [6.07, 6.45) is 0. The highest BCUT2D eigenvalue weighted by atomic mass is 35.5. The molecule has 1 rings (SSSR count). The van der Waals surface area contributed by atoms with Crippen molar-refractivity contribution in [3.05, 3.63) is 22.3 Å². The average Bonchev–Trinajstić information content (AvgIpc) is 2.02. The largest absolute Gasteiger partial charge is 0.493 e. The normalized spacial score (nSPS) is 9.77. The Morgan fingerprint density at radius 2 is 2.31 bits per heavy atom. The summed E-state index contributed by atoms with van der Waals surface area (Å²) in [5.41, 5.74) is 0.714. The number of carbonyl (C=O) groups is 1. The van der Waals surface area contributed by atoms with Crippen molar-refractivity contribution in [1.29, 1.82) is 0 Å². The van der Waals surface area contributed by atoms with E-state index in [-0.39, 0.29) is 16.6 Å². The quantitative estimate of drug-likeness (QED) is 0.553. The third-order valence-corrected chi connectivity index (χ3v) is 1.82.